The van der Waals surface area contributed by atoms with Crippen molar-refractivity contribution in [1.29, 1.82) is 0 Å². The van der Waals surface area contributed by atoms with Gasteiger partial charge >= 0.3 is 6.18 Å². The minimum atomic E-state index is -4.71. The third-order valence-corrected chi connectivity index (χ3v) is 2.64. The van der Waals surface area contributed by atoms with Gasteiger partial charge in [-0.3, -0.25) is 4.79 Å². The number of hydrogen-bond donors (Lipinski definition) is 0. The number of allylic oxidation sites excluding steroid dienone is 4. The van der Waals surface area contributed by atoms with Crippen molar-refractivity contribution >= 4 is 34.6 Å². The van der Waals surface area contributed by atoms with E-state index in [2.05, 4.69) is 9.98 Å². The van der Waals surface area contributed by atoms with Gasteiger partial charge in [0, 0.05) is 5.02 Å². The van der Waals surface area contributed by atoms with E-state index < -0.39 is 12.0 Å². The van der Waals surface area contributed by atoms with Crippen molar-refractivity contribution < 1.29 is 18.0 Å². The molecular weight excluding hydrogens is 305 g/mol. The summed E-state index contributed by atoms with van der Waals surface area (Å²) in [5, 5.41) is 0.394. The van der Waals surface area contributed by atoms with Crippen LogP contribution in [0.3, 0.4) is 0 Å². The van der Waals surface area contributed by atoms with E-state index in [9.17, 15) is 18.0 Å². The normalized spacial score (nSPS) is 15.5. The Balaban J connectivity index is 2.38. The second kappa shape index (κ2) is 6.05. The highest BCUT2D eigenvalue weighted by Gasteiger charge is 2.36. The SMILES string of the molecule is O=C1C=CC(=NC(=Nc2ccc(Cl)cc2)C(F)(F)F)C=C1. The maximum Gasteiger partial charge on any atom is 0.451 e. The van der Waals surface area contributed by atoms with Gasteiger partial charge in [0.2, 0.25) is 5.84 Å². The Morgan fingerprint density at radius 2 is 1.57 bits per heavy atom. The molecule has 0 heterocycles. The molecule has 7 heteroatoms. The van der Waals surface area contributed by atoms with Crippen LogP contribution in [0, 0.1) is 0 Å². The molecule has 0 fully saturated rings. The lowest BCUT2D eigenvalue weighted by atomic mass is 10.1. The first kappa shape index (κ1) is 15.2. The first-order valence-electron chi connectivity index (χ1n) is 5.75. The summed E-state index contributed by atoms with van der Waals surface area (Å²) in [6.45, 7) is 0. The Bertz CT molecular complexity index is 652. The molecule has 0 unspecified atom stereocenters. The van der Waals surface area contributed by atoms with E-state index in [4.69, 9.17) is 11.6 Å². The van der Waals surface area contributed by atoms with E-state index in [-0.39, 0.29) is 17.2 Å². The zero-order valence-corrected chi connectivity index (χ0v) is 11.2. The second-order valence-corrected chi connectivity index (χ2v) is 4.45. The first-order chi connectivity index (χ1) is 9.84. The molecule has 3 nitrogen and oxygen atoms in total. The summed E-state index contributed by atoms with van der Waals surface area (Å²) in [6, 6.07) is 5.57. The lowest BCUT2D eigenvalue weighted by Gasteiger charge is -2.07. The molecule has 2 rings (SSSR count). The van der Waals surface area contributed by atoms with Gasteiger partial charge in [0.25, 0.3) is 0 Å². The monoisotopic (exact) mass is 312 g/mol. The van der Waals surface area contributed by atoms with Crippen molar-refractivity contribution in [3.8, 4) is 0 Å². The molecule has 1 aromatic carbocycles. The molecule has 1 aliphatic carbocycles. The van der Waals surface area contributed by atoms with Gasteiger partial charge < -0.3 is 0 Å². The van der Waals surface area contributed by atoms with Crippen LogP contribution < -0.4 is 0 Å². The van der Waals surface area contributed by atoms with Gasteiger partial charge in [-0.05, 0) is 48.6 Å². The molecule has 0 saturated heterocycles. The number of halogens is 4. The number of hydrogen-bond acceptors (Lipinski definition) is 2. The van der Waals surface area contributed by atoms with Crippen molar-refractivity contribution in [2.24, 2.45) is 9.98 Å². The van der Waals surface area contributed by atoms with E-state index in [1.54, 1.807) is 0 Å². The Hall–Kier alpha value is -2.21. The number of nitrogens with zero attached hydrogens (tertiary/aromatic N) is 2. The highest BCUT2D eigenvalue weighted by molar-refractivity contribution is 6.30. The molecule has 108 valence electrons. The van der Waals surface area contributed by atoms with Crippen LogP contribution in [0.4, 0.5) is 18.9 Å². The van der Waals surface area contributed by atoms with Crippen LogP contribution in [0.1, 0.15) is 0 Å². The number of carbonyl (C=O) groups excluding carboxylic acids is 1. The topological polar surface area (TPSA) is 41.8 Å². The van der Waals surface area contributed by atoms with Crippen LogP contribution in [0.25, 0.3) is 0 Å². The minimum absolute atomic E-state index is 0.000335. The predicted octanol–water partition coefficient (Wildman–Crippen LogP) is 4.07. The molecule has 0 radical (unpaired) electrons. The van der Waals surface area contributed by atoms with E-state index in [0.29, 0.717) is 5.02 Å². The number of carbonyl (C=O) groups is 1. The fourth-order valence-electron chi connectivity index (χ4n) is 1.43. The van der Waals surface area contributed by atoms with Crippen molar-refractivity contribution in [2.45, 2.75) is 6.18 Å². The molecule has 21 heavy (non-hydrogen) atoms. The van der Waals surface area contributed by atoms with Crippen molar-refractivity contribution in [1.82, 2.24) is 0 Å². The second-order valence-electron chi connectivity index (χ2n) is 4.02. The third-order valence-electron chi connectivity index (χ3n) is 2.39. The average molecular weight is 313 g/mol. The molecule has 1 aliphatic rings. The number of benzene rings is 1. The molecule has 0 atom stereocenters. The maximum atomic E-state index is 12.9. The number of ketones is 1. The molecule has 0 aromatic heterocycles. The van der Waals surface area contributed by atoms with E-state index in [0.717, 1.165) is 12.2 Å². The summed E-state index contributed by atoms with van der Waals surface area (Å²) in [5.74, 6) is -1.61. The fourth-order valence-corrected chi connectivity index (χ4v) is 1.56. The Morgan fingerprint density at radius 3 is 2.10 bits per heavy atom. The molecule has 0 bridgehead atoms. The van der Waals surface area contributed by atoms with Crippen LogP contribution in [-0.4, -0.2) is 23.5 Å². The number of amidine groups is 1. The zero-order valence-electron chi connectivity index (χ0n) is 10.4. The molecule has 0 spiro atoms. The van der Waals surface area contributed by atoms with Gasteiger partial charge in [-0.2, -0.15) is 13.2 Å². The molecular formula is C14H8ClF3N2O. The van der Waals surface area contributed by atoms with Crippen LogP contribution in [0.5, 0.6) is 0 Å². The summed E-state index contributed by atoms with van der Waals surface area (Å²) in [6.07, 6.45) is -0.0447. The number of rotatable bonds is 1. The molecule has 0 aliphatic heterocycles. The standard InChI is InChI=1S/C14H8ClF3N2O/c15-9-1-3-10(4-2-9)19-13(14(16,17)18)20-11-5-7-12(21)8-6-11/h1-8H. The highest BCUT2D eigenvalue weighted by atomic mass is 35.5. The fraction of sp³-hybridized carbons (Fsp3) is 0.0714. The van der Waals surface area contributed by atoms with Gasteiger partial charge in [0.1, 0.15) is 0 Å². The zero-order chi connectivity index (χ0) is 15.5. The number of aliphatic imine (C=N–C) groups is 2. The van der Waals surface area contributed by atoms with E-state index >= 15 is 0 Å². The maximum absolute atomic E-state index is 12.9. The van der Waals surface area contributed by atoms with Crippen molar-refractivity contribution in [2.75, 3.05) is 0 Å². The van der Waals surface area contributed by atoms with Crippen LogP contribution in [0.15, 0.2) is 58.6 Å². The van der Waals surface area contributed by atoms with Gasteiger partial charge in [-0.25, -0.2) is 9.98 Å². The van der Waals surface area contributed by atoms with Crippen molar-refractivity contribution in [3.63, 3.8) is 0 Å². The minimum Gasteiger partial charge on any atom is -0.290 e. The summed E-state index contributed by atoms with van der Waals surface area (Å²) in [5.41, 5.74) is 0.0792. The van der Waals surface area contributed by atoms with Gasteiger partial charge in [-0.15, -0.1) is 0 Å². The smallest absolute Gasteiger partial charge is 0.290 e. The average Bonchev–Trinajstić information content (AvgIpc) is 2.42. The molecule has 0 N–H and O–H groups in total. The molecule has 1 aromatic rings. The lowest BCUT2D eigenvalue weighted by Crippen LogP contribution is -2.22. The predicted molar refractivity (Wildman–Crippen MR) is 75.3 cm³/mol. The molecule has 0 saturated carbocycles. The Kier molecular flexibility index (Phi) is 4.37. The van der Waals surface area contributed by atoms with Crippen molar-refractivity contribution in [3.05, 3.63) is 53.6 Å². The third kappa shape index (κ3) is 4.39. The summed E-state index contributed by atoms with van der Waals surface area (Å²) < 4.78 is 38.8. The van der Waals surface area contributed by atoms with Gasteiger partial charge in [-0.1, -0.05) is 11.6 Å². The highest BCUT2D eigenvalue weighted by Crippen LogP contribution is 2.24. The molecule has 0 amide bonds. The Labute approximate surface area is 123 Å². The summed E-state index contributed by atoms with van der Waals surface area (Å²) in [4.78, 5) is 17.8. The van der Waals surface area contributed by atoms with Crippen LogP contribution in [0.2, 0.25) is 5.02 Å². The first-order valence-corrected chi connectivity index (χ1v) is 6.13. The summed E-state index contributed by atoms with van der Waals surface area (Å²) >= 11 is 5.66. The van der Waals surface area contributed by atoms with E-state index in [1.807, 2.05) is 0 Å². The summed E-state index contributed by atoms with van der Waals surface area (Å²) in [7, 11) is 0. The Morgan fingerprint density at radius 1 is 1.00 bits per heavy atom. The number of alkyl halides is 3. The van der Waals surface area contributed by atoms with Gasteiger partial charge in [0.15, 0.2) is 5.78 Å². The van der Waals surface area contributed by atoms with Gasteiger partial charge in [0.05, 0.1) is 11.4 Å². The van der Waals surface area contributed by atoms with Crippen LogP contribution in [-0.2, 0) is 4.79 Å². The quantitative estimate of drug-likeness (QED) is 0.438. The van der Waals surface area contributed by atoms with E-state index in [1.165, 1.54) is 36.4 Å². The lowest BCUT2D eigenvalue weighted by molar-refractivity contribution is -0.110. The largest absolute Gasteiger partial charge is 0.451 e. The van der Waals surface area contributed by atoms with Crippen LogP contribution >= 0.6 is 11.6 Å².